The maximum Gasteiger partial charge on any atom is 0.311 e. The molecular weight excluding hydrogens is 256 g/mol. The Kier molecular flexibility index (Phi) is 4.82. The van der Waals surface area contributed by atoms with Crippen molar-refractivity contribution < 1.29 is 9.66 Å². The lowest BCUT2D eigenvalue weighted by molar-refractivity contribution is -0.385. The van der Waals surface area contributed by atoms with Gasteiger partial charge >= 0.3 is 5.69 Å². The predicted molar refractivity (Wildman–Crippen MR) is 79.3 cm³/mol. The van der Waals surface area contributed by atoms with Gasteiger partial charge in [-0.2, -0.15) is 0 Å². The Morgan fingerprint density at radius 2 is 2.25 bits per heavy atom. The van der Waals surface area contributed by atoms with E-state index >= 15 is 0 Å². The zero-order valence-electron chi connectivity index (χ0n) is 12.1. The maximum atomic E-state index is 10.8. The fourth-order valence-electron chi connectivity index (χ4n) is 2.95. The van der Waals surface area contributed by atoms with E-state index in [4.69, 9.17) is 4.74 Å². The summed E-state index contributed by atoms with van der Waals surface area (Å²) < 4.78 is 5.07. The van der Waals surface area contributed by atoms with Crippen molar-refractivity contribution in [3.8, 4) is 5.75 Å². The normalized spacial score (nSPS) is 22.3. The first-order valence-electron chi connectivity index (χ1n) is 7.16. The zero-order valence-corrected chi connectivity index (χ0v) is 12.1. The lowest BCUT2D eigenvalue weighted by atomic mass is 9.82. The third-order valence-corrected chi connectivity index (χ3v) is 4.02. The average Bonchev–Trinajstić information content (AvgIpc) is 2.44. The summed E-state index contributed by atoms with van der Waals surface area (Å²) in [6, 6.07) is 4.93. The third-order valence-electron chi connectivity index (χ3n) is 4.02. The van der Waals surface area contributed by atoms with Crippen LogP contribution in [0, 0.1) is 22.0 Å². The summed E-state index contributed by atoms with van der Waals surface area (Å²) in [6.07, 6.45) is 5.16. The predicted octanol–water partition coefficient (Wildman–Crippen LogP) is 3.84. The van der Waals surface area contributed by atoms with Gasteiger partial charge in [0.05, 0.1) is 12.0 Å². The summed E-state index contributed by atoms with van der Waals surface area (Å²) in [6.45, 7) is 3.23. The van der Waals surface area contributed by atoms with E-state index in [2.05, 4.69) is 12.2 Å². The Morgan fingerprint density at radius 1 is 1.45 bits per heavy atom. The van der Waals surface area contributed by atoms with Crippen LogP contribution in [0.1, 0.15) is 32.6 Å². The molecule has 0 aromatic heterocycles. The Labute approximate surface area is 119 Å². The molecule has 0 radical (unpaired) electrons. The van der Waals surface area contributed by atoms with E-state index in [0.29, 0.717) is 11.7 Å². The van der Waals surface area contributed by atoms with Crippen molar-refractivity contribution in [2.24, 2.45) is 11.8 Å². The molecule has 1 saturated carbocycles. The van der Waals surface area contributed by atoms with E-state index in [1.807, 2.05) is 0 Å². The molecule has 1 fully saturated rings. The molecule has 20 heavy (non-hydrogen) atoms. The van der Waals surface area contributed by atoms with Crippen molar-refractivity contribution in [3.63, 3.8) is 0 Å². The van der Waals surface area contributed by atoms with Crippen molar-refractivity contribution in [1.82, 2.24) is 0 Å². The number of nitro benzene ring substituents is 1. The highest BCUT2D eigenvalue weighted by molar-refractivity contribution is 5.57. The third kappa shape index (κ3) is 3.62. The van der Waals surface area contributed by atoms with E-state index in [1.165, 1.54) is 38.9 Å². The summed E-state index contributed by atoms with van der Waals surface area (Å²) in [5.74, 6) is 1.80. The zero-order chi connectivity index (χ0) is 14.5. The van der Waals surface area contributed by atoms with Gasteiger partial charge in [-0.1, -0.05) is 19.8 Å². The summed E-state index contributed by atoms with van der Waals surface area (Å²) in [5.41, 5.74) is 0.884. The van der Waals surface area contributed by atoms with Crippen LogP contribution in [0.25, 0.3) is 0 Å². The molecule has 0 spiro atoms. The molecular formula is C15H22N2O3. The highest BCUT2D eigenvalue weighted by atomic mass is 16.6. The number of hydrogen-bond acceptors (Lipinski definition) is 4. The van der Waals surface area contributed by atoms with Crippen LogP contribution < -0.4 is 10.1 Å². The molecule has 110 valence electrons. The minimum Gasteiger partial charge on any atom is -0.490 e. The van der Waals surface area contributed by atoms with Gasteiger partial charge < -0.3 is 10.1 Å². The standard InChI is InChI=1S/C15H22N2O3/c1-11-4-3-5-12(8-11)10-16-13-6-7-14(17(18)19)15(9-13)20-2/h6-7,9,11-12,16H,3-5,8,10H2,1-2H3. The first kappa shape index (κ1) is 14.6. The van der Waals surface area contributed by atoms with E-state index in [1.54, 1.807) is 12.1 Å². The van der Waals surface area contributed by atoms with Gasteiger partial charge in [0, 0.05) is 24.4 Å². The molecule has 1 aliphatic carbocycles. The Hall–Kier alpha value is -1.78. The number of methoxy groups -OCH3 is 1. The number of hydrogen-bond donors (Lipinski definition) is 1. The van der Waals surface area contributed by atoms with Gasteiger partial charge in [-0.25, -0.2) is 0 Å². The van der Waals surface area contributed by atoms with Gasteiger partial charge in [-0.3, -0.25) is 10.1 Å². The van der Waals surface area contributed by atoms with E-state index in [-0.39, 0.29) is 5.69 Å². The summed E-state index contributed by atoms with van der Waals surface area (Å²) >= 11 is 0. The lowest BCUT2D eigenvalue weighted by Gasteiger charge is -2.27. The molecule has 1 aliphatic rings. The Bertz CT molecular complexity index is 476. The molecule has 2 unspecified atom stereocenters. The van der Waals surface area contributed by atoms with Gasteiger partial charge in [-0.05, 0) is 30.7 Å². The average molecular weight is 278 g/mol. The Balaban J connectivity index is 1.97. The second kappa shape index (κ2) is 6.59. The van der Waals surface area contributed by atoms with Crippen molar-refractivity contribution in [2.75, 3.05) is 19.0 Å². The second-order valence-corrected chi connectivity index (χ2v) is 5.66. The number of anilines is 1. The van der Waals surface area contributed by atoms with Gasteiger partial charge in [0.25, 0.3) is 0 Å². The van der Waals surface area contributed by atoms with E-state index in [0.717, 1.165) is 18.2 Å². The number of ether oxygens (including phenoxy) is 1. The number of benzene rings is 1. The van der Waals surface area contributed by atoms with Crippen LogP contribution in [0.4, 0.5) is 11.4 Å². The van der Waals surface area contributed by atoms with Crippen molar-refractivity contribution in [1.29, 1.82) is 0 Å². The molecule has 0 bridgehead atoms. The quantitative estimate of drug-likeness (QED) is 0.656. The van der Waals surface area contributed by atoms with Crippen molar-refractivity contribution in [3.05, 3.63) is 28.3 Å². The fourth-order valence-corrected chi connectivity index (χ4v) is 2.95. The van der Waals surface area contributed by atoms with E-state index < -0.39 is 4.92 Å². The molecule has 0 saturated heterocycles. The summed E-state index contributed by atoms with van der Waals surface area (Å²) in [5, 5.41) is 14.2. The highest BCUT2D eigenvalue weighted by Crippen LogP contribution is 2.31. The second-order valence-electron chi connectivity index (χ2n) is 5.66. The monoisotopic (exact) mass is 278 g/mol. The van der Waals surface area contributed by atoms with E-state index in [9.17, 15) is 10.1 Å². The molecule has 0 heterocycles. The van der Waals surface area contributed by atoms with Crippen molar-refractivity contribution >= 4 is 11.4 Å². The smallest absolute Gasteiger partial charge is 0.311 e. The van der Waals surface area contributed by atoms with Gasteiger partial charge in [0.1, 0.15) is 0 Å². The first-order valence-corrected chi connectivity index (χ1v) is 7.16. The number of nitrogens with zero attached hydrogens (tertiary/aromatic N) is 1. The molecule has 2 atom stereocenters. The SMILES string of the molecule is COc1cc(NCC2CCCC(C)C2)ccc1[N+](=O)[O-]. The molecule has 5 nitrogen and oxygen atoms in total. The van der Waals surface area contributed by atoms with Crippen LogP contribution in [-0.4, -0.2) is 18.6 Å². The fraction of sp³-hybridized carbons (Fsp3) is 0.600. The van der Waals surface area contributed by atoms with Crippen molar-refractivity contribution in [2.45, 2.75) is 32.6 Å². The molecule has 0 aliphatic heterocycles. The van der Waals surface area contributed by atoms with Gasteiger partial charge in [-0.15, -0.1) is 0 Å². The van der Waals surface area contributed by atoms with Crippen LogP contribution >= 0.6 is 0 Å². The molecule has 2 rings (SSSR count). The maximum absolute atomic E-state index is 10.8. The lowest BCUT2D eigenvalue weighted by Crippen LogP contribution is -2.21. The number of rotatable bonds is 5. The first-order chi connectivity index (χ1) is 9.60. The molecule has 1 aromatic rings. The number of nitrogens with one attached hydrogen (secondary N) is 1. The summed E-state index contributed by atoms with van der Waals surface area (Å²) in [4.78, 5) is 10.4. The molecule has 1 N–H and O–H groups in total. The highest BCUT2D eigenvalue weighted by Gasteiger charge is 2.19. The summed E-state index contributed by atoms with van der Waals surface area (Å²) in [7, 11) is 1.45. The molecule has 1 aromatic carbocycles. The Morgan fingerprint density at radius 3 is 2.90 bits per heavy atom. The van der Waals surface area contributed by atoms with Crippen LogP contribution in [0.3, 0.4) is 0 Å². The number of nitro groups is 1. The van der Waals surface area contributed by atoms with Crippen LogP contribution in [0.2, 0.25) is 0 Å². The molecule has 5 heteroatoms. The van der Waals surface area contributed by atoms with Crippen LogP contribution in [-0.2, 0) is 0 Å². The van der Waals surface area contributed by atoms with Gasteiger partial charge in [0.2, 0.25) is 0 Å². The minimum absolute atomic E-state index is 0.00402. The van der Waals surface area contributed by atoms with Crippen LogP contribution in [0.5, 0.6) is 5.75 Å². The largest absolute Gasteiger partial charge is 0.490 e. The minimum atomic E-state index is -0.425. The van der Waals surface area contributed by atoms with Gasteiger partial charge in [0.15, 0.2) is 5.75 Å². The molecule has 0 amide bonds. The topological polar surface area (TPSA) is 64.4 Å². The van der Waals surface area contributed by atoms with Crippen LogP contribution in [0.15, 0.2) is 18.2 Å².